The first-order valence-corrected chi connectivity index (χ1v) is 5.72. The van der Waals surface area contributed by atoms with Crippen molar-refractivity contribution >= 4 is 17.4 Å². The van der Waals surface area contributed by atoms with Gasteiger partial charge in [0.15, 0.2) is 0 Å². The van der Waals surface area contributed by atoms with Gasteiger partial charge in [-0.05, 0) is 24.3 Å². The number of thioether (sulfide) groups is 1. The van der Waals surface area contributed by atoms with Crippen molar-refractivity contribution in [2.24, 2.45) is 0 Å². The monoisotopic (exact) mass is 196 g/mol. The zero-order valence-electron chi connectivity index (χ0n) is 8.21. The van der Waals surface area contributed by atoms with Crippen molar-refractivity contribution in [3.8, 4) is 0 Å². The first-order valence-electron chi connectivity index (χ1n) is 4.57. The molecule has 3 heteroatoms. The summed E-state index contributed by atoms with van der Waals surface area (Å²) in [6.07, 6.45) is 3.09. The Morgan fingerprint density at radius 3 is 3.08 bits per heavy atom. The van der Waals surface area contributed by atoms with E-state index in [0.29, 0.717) is 0 Å². The molecule has 1 aromatic rings. The van der Waals surface area contributed by atoms with Crippen LogP contribution in [0.1, 0.15) is 19.0 Å². The van der Waals surface area contributed by atoms with Crippen molar-refractivity contribution in [3.05, 3.63) is 24.0 Å². The lowest BCUT2D eigenvalue weighted by Gasteiger charge is -2.02. The van der Waals surface area contributed by atoms with E-state index in [4.69, 9.17) is 0 Å². The summed E-state index contributed by atoms with van der Waals surface area (Å²) in [4.78, 5) is 4.30. The summed E-state index contributed by atoms with van der Waals surface area (Å²) in [5.41, 5.74) is 2.30. The minimum Gasteiger partial charge on any atom is -0.388 e. The molecule has 0 radical (unpaired) electrons. The normalized spacial score (nSPS) is 10.0. The van der Waals surface area contributed by atoms with Gasteiger partial charge in [0.25, 0.3) is 0 Å². The summed E-state index contributed by atoms with van der Waals surface area (Å²) in [5, 5.41) is 3.11. The van der Waals surface area contributed by atoms with E-state index in [1.165, 1.54) is 12.2 Å². The number of hydrogen-bond acceptors (Lipinski definition) is 3. The van der Waals surface area contributed by atoms with E-state index in [-0.39, 0.29) is 0 Å². The van der Waals surface area contributed by atoms with E-state index in [1.807, 2.05) is 31.1 Å². The molecule has 0 aromatic carbocycles. The number of rotatable bonds is 5. The van der Waals surface area contributed by atoms with Crippen molar-refractivity contribution in [2.75, 3.05) is 18.1 Å². The van der Waals surface area contributed by atoms with Crippen LogP contribution in [0.4, 0.5) is 5.69 Å². The molecular formula is C10H16N2S. The predicted molar refractivity (Wildman–Crippen MR) is 60.2 cm³/mol. The van der Waals surface area contributed by atoms with E-state index in [0.717, 1.165) is 17.1 Å². The first-order chi connectivity index (χ1) is 6.36. The fraction of sp³-hybridized carbons (Fsp3) is 0.500. The van der Waals surface area contributed by atoms with Gasteiger partial charge in [-0.25, -0.2) is 0 Å². The van der Waals surface area contributed by atoms with Gasteiger partial charge in [0.1, 0.15) is 0 Å². The molecule has 0 spiro atoms. The summed E-state index contributed by atoms with van der Waals surface area (Å²) in [7, 11) is 1.93. The fourth-order valence-corrected chi connectivity index (χ4v) is 1.83. The number of anilines is 1. The van der Waals surface area contributed by atoms with Crippen LogP contribution in [0, 0.1) is 0 Å². The molecule has 1 N–H and O–H groups in total. The molecule has 0 aliphatic heterocycles. The third-order valence-electron chi connectivity index (χ3n) is 1.70. The number of aromatic nitrogens is 1. The fourth-order valence-electron chi connectivity index (χ4n) is 1.03. The Bertz CT molecular complexity index is 250. The van der Waals surface area contributed by atoms with Crippen molar-refractivity contribution < 1.29 is 0 Å². The molecule has 0 saturated carbocycles. The second kappa shape index (κ2) is 5.86. The highest BCUT2D eigenvalue weighted by Gasteiger charge is 1.95. The SMILES string of the molecule is CCCSCc1cc(NC)ccn1. The van der Waals surface area contributed by atoms with Crippen LogP contribution in [0.15, 0.2) is 18.3 Å². The Morgan fingerprint density at radius 1 is 1.54 bits per heavy atom. The zero-order valence-corrected chi connectivity index (χ0v) is 9.03. The Balaban J connectivity index is 2.46. The molecule has 72 valence electrons. The van der Waals surface area contributed by atoms with Crippen LogP contribution in [-0.4, -0.2) is 17.8 Å². The molecule has 0 aliphatic rings. The highest BCUT2D eigenvalue weighted by Crippen LogP contribution is 2.14. The summed E-state index contributed by atoms with van der Waals surface area (Å²) in [6, 6.07) is 4.08. The Kier molecular flexibility index (Phi) is 4.68. The first kappa shape index (κ1) is 10.4. The van der Waals surface area contributed by atoms with E-state index in [1.54, 1.807) is 0 Å². The highest BCUT2D eigenvalue weighted by molar-refractivity contribution is 7.98. The molecule has 0 amide bonds. The molecular weight excluding hydrogens is 180 g/mol. The molecule has 0 bridgehead atoms. The molecule has 0 fully saturated rings. The summed E-state index contributed by atoms with van der Waals surface area (Å²) in [5.74, 6) is 2.23. The smallest absolute Gasteiger partial charge is 0.0523 e. The van der Waals surface area contributed by atoms with Gasteiger partial charge in [-0.2, -0.15) is 11.8 Å². The number of hydrogen-bond donors (Lipinski definition) is 1. The van der Waals surface area contributed by atoms with Gasteiger partial charge in [0, 0.05) is 24.7 Å². The molecule has 13 heavy (non-hydrogen) atoms. The average Bonchev–Trinajstić information content (AvgIpc) is 2.19. The van der Waals surface area contributed by atoms with Crippen molar-refractivity contribution in [1.29, 1.82) is 0 Å². The van der Waals surface area contributed by atoms with Crippen LogP contribution in [-0.2, 0) is 5.75 Å². The van der Waals surface area contributed by atoms with Crippen molar-refractivity contribution in [3.63, 3.8) is 0 Å². The van der Waals surface area contributed by atoms with E-state index in [9.17, 15) is 0 Å². The van der Waals surface area contributed by atoms with Crippen LogP contribution in [0.25, 0.3) is 0 Å². The van der Waals surface area contributed by atoms with Gasteiger partial charge in [0.2, 0.25) is 0 Å². The second-order valence-corrected chi connectivity index (χ2v) is 3.94. The van der Waals surface area contributed by atoms with Gasteiger partial charge in [0.05, 0.1) is 5.69 Å². The summed E-state index contributed by atoms with van der Waals surface area (Å²) >= 11 is 1.94. The van der Waals surface area contributed by atoms with Crippen molar-refractivity contribution in [2.45, 2.75) is 19.1 Å². The third kappa shape index (κ3) is 3.68. The number of pyridine rings is 1. The minimum atomic E-state index is 1.02. The Morgan fingerprint density at radius 2 is 2.38 bits per heavy atom. The number of nitrogens with zero attached hydrogens (tertiary/aromatic N) is 1. The van der Waals surface area contributed by atoms with E-state index >= 15 is 0 Å². The Labute approximate surface area is 84.1 Å². The molecule has 0 aliphatic carbocycles. The average molecular weight is 196 g/mol. The largest absolute Gasteiger partial charge is 0.388 e. The molecule has 0 unspecified atom stereocenters. The van der Waals surface area contributed by atoms with Gasteiger partial charge < -0.3 is 5.32 Å². The Hall–Kier alpha value is -0.700. The lowest BCUT2D eigenvalue weighted by molar-refractivity contribution is 1.10. The van der Waals surface area contributed by atoms with Gasteiger partial charge in [-0.15, -0.1) is 0 Å². The van der Waals surface area contributed by atoms with Crippen LogP contribution < -0.4 is 5.32 Å². The van der Waals surface area contributed by atoms with Crippen LogP contribution in [0.3, 0.4) is 0 Å². The van der Waals surface area contributed by atoms with Crippen LogP contribution in [0.2, 0.25) is 0 Å². The summed E-state index contributed by atoms with van der Waals surface area (Å²) < 4.78 is 0. The second-order valence-electron chi connectivity index (χ2n) is 2.84. The predicted octanol–water partition coefficient (Wildman–Crippen LogP) is 2.77. The number of nitrogens with one attached hydrogen (secondary N) is 1. The lowest BCUT2D eigenvalue weighted by Crippen LogP contribution is -1.92. The standard InChI is InChI=1S/C10H16N2S/c1-3-6-13-8-10-7-9(11-2)4-5-12-10/h4-5,7H,3,6,8H2,1-2H3,(H,11,12). The van der Waals surface area contributed by atoms with E-state index in [2.05, 4.69) is 23.3 Å². The van der Waals surface area contributed by atoms with Gasteiger partial charge in [-0.3, -0.25) is 4.98 Å². The third-order valence-corrected chi connectivity index (χ3v) is 2.90. The molecule has 2 nitrogen and oxygen atoms in total. The summed E-state index contributed by atoms with van der Waals surface area (Å²) in [6.45, 7) is 2.20. The lowest BCUT2D eigenvalue weighted by atomic mass is 10.3. The minimum absolute atomic E-state index is 1.02. The molecule has 1 heterocycles. The topological polar surface area (TPSA) is 24.9 Å². The quantitative estimate of drug-likeness (QED) is 0.733. The molecule has 1 rings (SSSR count). The van der Waals surface area contributed by atoms with Crippen LogP contribution in [0.5, 0.6) is 0 Å². The van der Waals surface area contributed by atoms with Crippen LogP contribution >= 0.6 is 11.8 Å². The zero-order chi connectivity index (χ0) is 9.52. The highest BCUT2D eigenvalue weighted by atomic mass is 32.2. The maximum Gasteiger partial charge on any atom is 0.0523 e. The molecule has 0 atom stereocenters. The maximum absolute atomic E-state index is 4.30. The van der Waals surface area contributed by atoms with Gasteiger partial charge >= 0.3 is 0 Å². The maximum atomic E-state index is 4.30. The molecule has 0 saturated heterocycles. The van der Waals surface area contributed by atoms with E-state index < -0.39 is 0 Å². The molecule has 1 aromatic heterocycles. The van der Waals surface area contributed by atoms with Crippen molar-refractivity contribution in [1.82, 2.24) is 4.98 Å². The van der Waals surface area contributed by atoms with Gasteiger partial charge in [-0.1, -0.05) is 6.92 Å².